The lowest BCUT2D eigenvalue weighted by Crippen LogP contribution is -2.68. The van der Waals surface area contributed by atoms with Crippen LogP contribution < -0.4 is 23.2 Å². The number of halogens is 1. The summed E-state index contributed by atoms with van der Waals surface area (Å²) in [6.07, 6.45) is 2.14. The summed E-state index contributed by atoms with van der Waals surface area (Å²) in [7, 11) is -2.88. The van der Waals surface area contributed by atoms with Crippen LogP contribution in [-0.2, 0) is 7.05 Å². The van der Waals surface area contributed by atoms with E-state index in [0.29, 0.717) is 0 Å². The van der Waals surface area contributed by atoms with Gasteiger partial charge in [-0.3, -0.25) is 0 Å². The Hall–Kier alpha value is -0.240. The van der Waals surface area contributed by atoms with Crippen molar-refractivity contribution < 1.29 is 33.4 Å². The molecule has 0 aliphatic rings. The third-order valence-electron chi connectivity index (χ3n) is 1.18. The van der Waals surface area contributed by atoms with E-state index in [1.165, 1.54) is 9.88 Å². The van der Waals surface area contributed by atoms with Crippen LogP contribution in [0.5, 0.6) is 0 Å². The maximum atomic E-state index is 8.49. The SMILES string of the molecule is Cc1c[n+](C)c(C)s1.[O-][Cl+3]([O-])([O-])[O-]. The Labute approximate surface area is 82.2 Å². The molecule has 0 atom stereocenters. The van der Waals surface area contributed by atoms with E-state index >= 15 is 0 Å². The molecular weight excluding hydrogens is 218 g/mol. The van der Waals surface area contributed by atoms with Gasteiger partial charge < -0.3 is 0 Å². The minimum Gasteiger partial charge on any atom is -0.222 e. The van der Waals surface area contributed by atoms with Gasteiger partial charge in [0.1, 0.15) is 7.05 Å². The van der Waals surface area contributed by atoms with Gasteiger partial charge in [-0.05, 0) is 6.92 Å². The molecule has 0 saturated carbocycles. The van der Waals surface area contributed by atoms with Gasteiger partial charge in [-0.25, -0.2) is 18.6 Å². The van der Waals surface area contributed by atoms with Gasteiger partial charge >= 0.3 is 0 Å². The summed E-state index contributed by atoms with van der Waals surface area (Å²) in [5, 5.41) is 1.36. The Kier molecular flexibility index (Phi) is 4.76. The molecule has 0 aliphatic heterocycles. The molecule has 1 heterocycles. The van der Waals surface area contributed by atoms with E-state index in [9.17, 15) is 0 Å². The fraction of sp³-hybridized carbons (Fsp3) is 0.500. The highest BCUT2D eigenvalue weighted by Gasteiger charge is 2.02. The van der Waals surface area contributed by atoms with Gasteiger partial charge in [-0.15, -0.1) is 10.2 Å². The van der Waals surface area contributed by atoms with Crippen LogP contribution in [0.3, 0.4) is 0 Å². The summed E-state index contributed by atoms with van der Waals surface area (Å²) >= 11 is 1.83. The molecule has 1 rings (SSSR count). The molecule has 5 nitrogen and oxygen atoms in total. The van der Waals surface area contributed by atoms with Gasteiger partial charge in [0.05, 0.1) is 4.88 Å². The summed E-state index contributed by atoms with van der Waals surface area (Å²) in [5.74, 6) is 0. The number of hydrogen-bond acceptors (Lipinski definition) is 5. The van der Waals surface area contributed by atoms with Crippen molar-refractivity contribution in [3.8, 4) is 0 Å². The minimum absolute atomic E-state index is 1.36. The molecular formula is C6H10ClNO4S. The molecule has 0 amide bonds. The van der Waals surface area contributed by atoms with E-state index in [1.54, 1.807) is 0 Å². The van der Waals surface area contributed by atoms with Crippen molar-refractivity contribution in [1.29, 1.82) is 0 Å². The van der Waals surface area contributed by atoms with Gasteiger partial charge in [0.2, 0.25) is 5.01 Å². The second-order valence-corrected chi connectivity index (χ2v) is 4.54. The molecule has 0 bridgehead atoms. The molecule has 7 heteroatoms. The first-order valence-electron chi connectivity index (χ1n) is 3.24. The topological polar surface area (TPSA) is 96.1 Å². The highest BCUT2D eigenvalue weighted by atomic mass is 35.7. The van der Waals surface area contributed by atoms with E-state index in [4.69, 9.17) is 18.6 Å². The minimum atomic E-state index is -4.94. The Balaban J connectivity index is 0.000000252. The standard InChI is InChI=1S/C6H10NS.ClHO4/c1-5-4-7(3)6(2)8-5;2-1(3,4)5/h4H,1-3H3;(H,2,3,4,5)/q+1;/p-1. The van der Waals surface area contributed by atoms with Crippen LogP contribution in [-0.4, -0.2) is 0 Å². The van der Waals surface area contributed by atoms with Crippen LogP contribution in [0.1, 0.15) is 9.88 Å². The highest BCUT2D eigenvalue weighted by molar-refractivity contribution is 7.11. The number of aromatic nitrogens is 1. The van der Waals surface area contributed by atoms with Crippen LogP contribution in [0.4, 0.5) is 0 Å². The fourth-order valence-corrected chi connectivity index (χ4v) is 1.57. The lowest BCUT2D eigenvalue weighted by atomic mass is 10.6. The smallest absolute Gasteiger partial charge is 0.222 e. The normalized spacial score (nSPS) is 10.7. The van der Waals surface area contributed by atoms with Crippen molar-refractivity contribution in [2.75, 3.05) is 0 Å². The predicted molar refractivity (Wildman–Crippen MR) is 35.0 cm³/mol. The largest absolute Gasteiger partial charge is 0.234 e. The van der Waals surface area contributed by atoms with Crippen molar-refractivity contribution in [2.45, 2.75) is 13.8 Å². The maximum Gasteiger partial charge on any atom is 0.234 e. The van der Waals surface area contributed by atoms with Gasteiger partial charge in [-0.2, -0.15) is 4.57 Å². The monoisotopic (exact) mass is 227 g/mol. The number of aryl methyl sites for hydroxylation is 3. The molecule has 0 saturated heterocycles. The van der Waals surface area contributed by atoms with Crippen molar-refractivity contribution in [3.63, 3.8) is 0 Å². The third-order valence-corrected chi connectivity index (χ3v) is 2.19. The first-order valence-corrected chi connectivity index (χ1v) is 5.29. The van der Waals surface area contributed by atoms with Crippen LogP contribution >= 0.6 is 11.3 Å². The van der Waals surface area contributed by atoms with Crippen LogP contribution in [0.25, 0.3) is 0 Å². The van der Waals surface area contributed by atoms with E-state index < -0.39 is 10.2 Å². The molecule has 1 aromatic heterocycles. The van der Waals surface area contributed by atoms with Crippen molar-refractivity contribution in [2.24, 2.45) is 7.05 Å². The summed E-state index contributed by atoms with van der Waals surface area (Å²) in [6, 6.07) is 0. The third kappa shape index (κ3) is 8.10. The molecule has 1 aromatic rings. The second-order valence-electron chi connectivity index (χ2n) is 2.35. The molecule has 13 heavy (non-hydrogen) atoms. The van der Waals surface area contributed by atoms with Gasteiger partial charge in [0.15, 0.2) is 6.20 Å². The molecule has 0 aliphatic carbocycles. The van der Waals surface area contributed by atoms with Crippen LogP contribution in [0, 0.1) is 24.1 Å². The number of thiazole rings is 1. The van der Waals surface area contributed by atoms with Gasteiger partial charge in [0.25, 0.3) is 0 Å². The summed E-state index contributed by atoms with van der Waals surface area (Å²) < 4.78 is 36.1. The highest BCUT2D eigenvalue weighted by Crippen LogP contribution is 2.05. The quantitative estimate of drug-likeness (QED) is 0.429. The summed E-state index contributed by atoms with van der Waals surface area (Å²) in [6.45, 7) is 4.25. The van der Waals surface area contributed by atoms with Crippen molar-refractivity contribution >= 4 is 11.3 Å². The summed E-state index contributed by atoms with van der Waals surface area (Å²) in [5.41, 5.74) is 0. The fourth-order valence-electron chi connectivity index (χ4n) is 0.695. The van der Waals surface area contributed by atoms with Crippen molar-refractivity contribution in [3.05, 3.63) is 16.1 Å². The lowest BCUT2D eigenvalue weighted by molar-refractivity contribution is -2.00. The zero-order chi connectivity index (χ0) is 10.6. The number of hydrogen-bond donors (Lipinski definition) is 0. The van der Waals surface area contributed by atoms with Crippen molar-refractivity contribution in [1.82, 2.24) is 0 Å². The van der Waals surface area contributed by atoms with E-state index in [2.05, 4.69) is 31.7 Å². The Morgan fingerprint density at radius 1 is 1.23 bits per heavy atom. The van der Waals surface area contributed by atoms with Gasteiger partial charge in [-0.1, -0.05) is 11.3 Å². The average molecular weight is 228 g/mol. The zero-order valence-corrected chi connectivity index (χ0v) is 9.02. The average Bonchev–Trinajstić information content (AvgIpc) is 2.05. The summed E-state index contributed by atoms with van der Waals surface area (Å²) in [4.78, 5) is 1.38. The number of nitrogens with zero attached hydrogens (tertiary/aromatic N) is 1. The molecule has 0 N–H and O–H groups in total. The molecule has 76 valence electrons. The van der Waals surface area contributed by atoms with Gasteiger partial charge in [0, 0.05) is 6.92 Å². The first-order chi connectivity index (χ1) is 5.70. The Morgan fingerprint density at radius 3 is 1.69 bits per heavy atom. The van der Waals surface area contributed by atoms with E-state index in [0.717, 1.165) is 0 Å². The van der Waals surface area contributed by atoms with E-state index in [1.807, 2.05) is 11.3 Å². The predicted octanol–water partition coefficient (Wildman–Crippen LogP) is -3.57. The molecule has 0 unspecified atom stereocenters. The Morgan fingerprint density at radius 2 is 1.62 bits per heavy atom. The van der Waals surface area contributed by atoms with Crippen LogP contribution in [0.15, 0.2) is 6.20 Å². The first kappa shape index (κ1) is 12.8. The molecule has 0 radical (unpaired) electrons. The lowest BCUT2D eigenvalue weighted by Gasteiger charge is -2.17. The Bertz CT molecular complexity index is 245. The molecule has 0 aromatic carbocycles. The van der Waals surface area contributed by atoms with Crippen LogP contribution in [0.2, 0.25) is 0 Å². The number of rotatable bonds is 0. The molecule has 0 fully saturated rings. The second kappa shape index (κ2) is 4.85. The zero-order valence-electron chi connectivity index (χ0n) is 7.44. The molecule has 0 spiro atoms. The van der Waals surface area contributed by atoms with E-state index in [-0.39, 0.29) is 0 Å². The maximum absolute atomic E-state index is 8.49.